The lowest BCUT2D eigenvalue weighted by Gasteiger charge is -2.35. The van der Waals surface area contributed by atoms with Gasteiger partial charge in [0.2, 0.25) is 5.91 Å². The summed E-state index contributed by atoms with van der Waals surface area (Å²) in [5, 5.41) is 5.56. The Labute approximate surface area is 191 Å². The molecule has 4 rings (SSSR count). The minimum atomic E-state index is -0.236. The minimum Gasteiger partial charge on any atom is -0.497 e. The summed E-state index contributed by atoms with van der Waals surface area (Å²) in [5.41, 5.74) is 2.17. The first-order valence-electron chi connectivity index (χ1n) is 11.4. The van der Waals surface area contributed by atoms with Crippen LogP contribution in [0.2, 0.25) is 0 Å². The van der Waals surface area contributed by atoms with Crippen molar-refractivity contribution in [3.63, 3.8) is 0 Å². The number of methoxy groups -OCH3 is 1. The zero-order valence-corrected chi connectivity index (χ0v) is 19.3. The Morgan fingerprint density at radius 1 is 0.938 bits per heavy atom. The summed E-state index contributed by atoms with van der Waals surface area (Å²) in [6.45, 7) is 6.99. The number of rotatable bonds is 7. The maximum Gasteiger partial charge on any atom is 0.227 e. The number of nitrogens with one attached hydrogen (secondary N) is 1. The van der Waals surface area contributed by atoms with Gasteiger partial charge in [0.25, 0.3) is 0 Å². The fraction of sp³-hybridized carbons (Fsp3) is 0.370. The molecular weight excluding hydrogens is 398 g/mol. The van der Waals surface area contributed by atoms with E-state index in [4.69, 9.17) is 4.74 Å². The second-order valence-electron chi connectivity index (χ2n) is 8.77. The van der Waals surface area contributed by atoms with Crippen LogP contribution in [0.5, 0.6) is 5.75 Å². The Hall–Kier alpha value is -2.89. The molecule has 1 heterocycles. The number of ether oxygens (including phenoxy) is 1. The summed E-state index contributed by atoms with van der Waals surface area (Å²) in [4.78, 5) is 18.1. The highest BCUT2D eigenvalue weighted by Gasteiger charge is 2.24. The molecule has 1 unspecified atom stereocenters. The normalized spacial score (nSPS) is 17.1. The van der Waals surface area contributed by atoms with Crippen molar-refractivity contribution in [3.05, 3.63) is 77.9 Å². The van der Waals surface area contributed by atoms with Gasteiger partial charge in [0.1, 0.15) is 5.75 Å². The van der Waals surface area contributed by atoms with E-state index in [1.807, 2.05) is 49.4 Å². The van der Waals surface area contributed by atoms with Crippen molar-refractivity contribution in [2.24, 2.45) is 0 Å². The van der Waals surface area contributed by atoms with Crippen molar-refractivity contribution in [1.29, 1.82) is 0 Å². The predicted octanol–water partition coefficient (Wildman–Crippen LogP) is 4.06. The highest BCUT2D eigenvalue weighted by Crippen LogP contribution is 2.26. The van der Waals surface area contributed by atoms with Crippen LogP contribution >= 0.6 is 0 Å². The summed E-state index contributed by atoms with van der Waals surface area (Å²) >= 11 is 0. The van der Waals surface area contributed by atoms with Crippen molar-refractivity contribution < 1.29 is 9.53 Å². The zero-order valence-electron chi connectivity index (χ0n) is 19.3. The number of fused-ring (bicyclic) bond motifs is 1. The standard InChI is InChI=1S/C27H33N3O2/c1-20(22-9-10-24-18-25(32-3)12-11-23(24)17-22)27(31)28-26(21-7-5-4-6-8-21)19-30-15-13-29(2)14-16-30/h4-12,17-18,20,26H,13-16,19H2,1-3H3,(H,28,31)/t20-,26?/m0/s1. The smallest absolute Gasteiger partial charge is 0.227 e. The van der Waals surface area contributed by atoms with Gasteiger partial charge >= 0.3 is 0 Å². The lowest BCUT2D eigenvalue weighted by molar-refractivity contribution is -0.123. The molecule has 3 aromatic rings. The van der Waals surface area contributed by atoms with Crippen molar-refractivity contribution in [2.45, 2.75) is 18.9 Å². The fourth-order valence-corrected chi connectivity index (χ4v) is 4.30. The third kappa shape index (κ3) is 5.29. The molecule has 0 spiro atoms. The highest BCUT2D eigenvalue weighted by atomic mass is 16.5. The molecular formula is C27H33N3O2. The number of nitrogens with zero attached hydrogens (tertiary/aromatic N) is 2. The van der Waals surface area contributed by atoms with E-state index in [0.29, 0.717) is 0 Å². The lowest BCUT2D eigenvalue weighted by Crippen LogP contribution is -2.48. The Bertz CT molecular complexity index is 1050. The number of amides is 1. The van der Waals surface area contributed by atoms with E-state index < -0.39 is 0 Å². The second kappa shape index (κ2) is 10.2. The van der Waals surface area contributed by atoms with E-state index >= 15 is 0 Å². The molecule has 0 bridgehead atoms. The van der Waals surface area contributed by atoms with E-state index in [1.165, 1.54) is 0 Å². The maximum absolute atomic E-state index is 13.3. The molecule has 1 amide bonds. The molecule has 5 nitrogen and oxygen atoms in total. The molecule has 0 saturated carbocycles. The maximum atomic E-state index is 13.3. The van der Waals surface area contributed by atoms with Gasteiger partial charge in [-0.15, -0.1) is 0 Å². The Morgan fingerprint density at radius 2 is 1.62 bits per heavy atom. The molecule has 1 saturated heterocycles. The summed E-state index contributed by atoms with van der Waals surface area (Å²) in [6, 6.07) is 22.5. The van der Waals surface area contributed by atoms with Crippen LogP contribution in [0.3, 0.4) is 0 Å². The van der Waals surface area contributed by atoms with Gasteiger partial charge in [0.15, 0.2) is 0 Å². The van der Waals surface area contributed by atoms with Crippen molar-refractivity contribution in [1.82, 2.24) is 15.1 Å². The van der Waals surface area contributed by atoms with Crippen molar-refractivity contribution in [2.75, 3.05) is 46.9 Å². The molecule has 0 radical (unpaired) electrons. The first-order valence-corrected chi connectivity index (χ1v) is 11.4. The zero-order chi connectivity index (χ0) is 22.5. The molecule has 1 aliphatic heterocycles. The molecule has 1 fully saturated rings. The lowest BCUT2D eigenvalue weighted by atomic mass is 9.96. The number of carbonyl (C=O) groups is 1. The molecule has 32 heavy (non-hydrogen) atoms. The summed E-state index contributed by atoms with van der Waals surface area (Å²) in [6.07, 6.45) is 0. The van der Waals surface area contributed by atoms with Gasteiger partial charge in [-0.05, 0) is 48.0 Å². The average Bonchev–Trinajstić information content (AvgIpc) is 2.84. The van der Waals surface area contributed by atoms with E-state index in [0.717, 1.165) is 60.4 Å². The van der Waals surface area contributed by atoms with Crippen LogP contribution in [0, 0.1) is 0 Å². The molecule has 1 aliphatic rings. The summed E-state index contributed by atoms with van der Waals surface area (Å²) < 4.78 is 5.32. The van der Waals surface area contributed by atoms with Gasteiger partial charge in [-0.2, -0.15) is 0 Å². The Morgan fingerprint density at radius 3 is 2.34 bits per heavy atom. The van der Waals surface area contributed by atoms with Crippen LogP contribution in [0.1, 0.15) is 30.0 Å². The van der Waals surface area contributed by atoms with E-state index in [-0.39, 0.29) is 17.9 Å². The summed E-state index contributed by atoms with van der Waals surface area (Å²) in [5.74, 6) is 0.659. The third-order valence-electron chi connectivity index (χ3n) is 6.52. The monoisotopic (exact) mass is 431 g/mol. The number of hydrogen-bond acceptors (Lipinski definition) is 4. The van der Waals surface area contributed by atoms with E-state index in [2.05, 4.69) is 46.4 Å². The fourth-order valence-electron chi connectivity index (χ4n) is 4.30. The second-order valence-corrected chi connectivity index (χ2v) is 8.77. The molecule has 3 aromatic carbocycles. The SMILES string of the molecule is COc1ccc2cc([C@H](C)C(=O)NC(CN3CCN(C)CC3)c3ccccc3)ccc2c1. The minimum absolute atomic E-state index is 0.0285. The number of likely N-dealkylation sites (N-methyl/N-ethyl adjacent to an activating group) is 1. The average molecular weight is 432 g/mol. The molecule has 0 aromatic heterocycles. The van der Waals surface area contributed by atoms with Crippen LogP contribution in [0.15, 0.2) is 66.7 Å². The van der Waals surface area contributed by atoms with Gasteiger partial charge in [-0.3, -0.25) is 9.69 Å². The molecule has 2 atom stereocenters. The van der Waals surface area contributed by atoms with Crippen LogP contribution < -0.4 is 10.1 Å². The van der Waals surface area contributed by atoms with E-state index in [9.17, 15) is 4.79 Å². The quantitative estimate of drug-likeness (QED) is 0.613. The third-order valence-corrected chi connectivity index (χ3v) is 6.52. The van der Waals surface area contributed by atoms with Gasteiger partial charge in [-0.1, -0.05) is 54.6 Å². The van der Waals surface area contributed by atoms with Gasteiger partial charge in [0.05, 0.1) is 19.1 Å². The van der Waals surface area contributed by atoms with Gasteiger partial charge in [0, 0.05) is 32.7 Å². The van der Waals surface area contributed by atoms with Crippen molar-refractivity contribution in [3.8, 4) is 5.75 Å². The van der Waals surface area contributed by atoms with Crippen LogP contribution in [-0.4, -0.2) is 62.6 Å². The van der Waals surface area contributed by atoms with Crippen LogP contribution in [0.4, 0.5) is 0 Å². The molecule has 5 heteroatoms. The number of carbonyl (C=O) groups excluding carboxylic acids is 1. The van der Waals surface area contributed by atoms with E-state index in [1.54, 1.807) is 7.11 Å². The van der Waals surface area contributed by atoms with Crippen molar-refractivity contribution >= 4 is 16.7 Å². The van der Waals surface area contributed by atoms with Gasteiger partial charge < -0.3 is 15.0 Å². The van der Waals surface area contributed by atoms with Crippen LogP contribution in [0.25, 0.3) is 10.8 Å². The first kappa shape index (κ1) is 22.3. The predicted molar refractivity (Wildman–Crippen MR) is 130 cm³/mol. The van der Waals surface area contributed by atoms with Crippen LogP contribution in [-0.2, 0) is 4.79 Å². The molecule has 1 N–H and O–H groups in total. The Kier molecular flexibility index (Phi) is 7.08. The Balaban J connectivity index is 1.50. The largest absolute Gasteiger partial charge is 0.497 e. The summed E-state index contributed by atoms with van der Waals surface area (Å²) in [7, 11) is 3.84. The first-order chi connectivity index (χ1) is 15.5. The van der Waals surface area contributed by atoms with Gasteiger partial charge in [-0.25, -0.2) is 0 Å². The number of hydrogen-bond donors (Lipinski definition) is 1. The highest BCUT2D eigenvalue weighted by molar-refractivity contribution is 5.88. The number of piperazine rings is 1. The molecule has 168 valence electrons. The topological polar surface area (TPSA) is 44.8 Å². The molecule has 0 aliphatic carbocycles. The number of benzene rings is 3.